The average Bonchev–Trinajstić information content (AvgIpc) is 2.99. The quantitative estimate of drug-likeness (QED) is 0.692. The van der Waals surface area contributed by atoms with Crippen LogP contribution in [-0.2, 0) is 4.74 Å². The molecule has 1 unspecified atom stereocenters. The third-order valence-corrected chi connectivity index (χ3v) is 3.78. The summed E-state index contributed by atoms with van der Waals surface area (Å²) in [6.07, 6.45) is 2.64. The zero-order valence-electron chi connectivity index (χ0n) is 8.46. The molecule has 0 aromatic rings. The Morgan fingerprint density at radius 1 is 1.38 bits per heavy atom. The first-order valence-corrected chi connectivity index (χ1v) is 5.30. The van der Waals surface area contributed by atoms with Gasteiger partial charge in [-0.1, -0.05) is 0 Å². The molecule has 1 heterocycles. The van der Waals surface area contributed by atoms with Gasteiger partial charge in [0.15, 0.2) is 0 Å². The molecule has 1 aliphatic heterocycles. The van der Waals surface area contributed by atoms with Gasteiger partial charge in [-0.05, 0) is 31.7 Å². The first kappa shape index (κ1) is 9.44. The topological polar surface area (TPSA) is 38.5 Å². The highest BCUT2D eigenvalue weighted by Gasteiger charge is 2.48. The minimum Gasteiger partial charge on any atom is -0.379 e. The van der Waals surface area contributed by atoms with E-state index in [2.05, 4.69) is 11.8 Å². The number of nitrogens with two attached hydrogens (primary N) is 1. The van der Waals surface area contributed by atoms with Crippen LogP contribution in [0.25, 0.3) is 0 Å². The van der Waals surface area contributed by atoms with E-state index in [-0.39, 0.29) is 0 Å². The summed E-state index contributed by atoms with van der Waals surface area (Å²) in [6.45, 7) is 7.14. The molecule has 1 saturated heterocycles. The van der Waals surface area contributed by atoms with E-state index in [9.17, 15) is 0 Å². The maximum absolute atomic E-state index is 5.82. The zero-order valence-corrected chi connectivity index (χ0v) is 8.46. The summed E-state index contributed by atoms with van der Waals surface area (Å²) in [5, 5.41) is 0. The molecule has 0 spiro atoms. The maximum atomic E-state index is 5.82. The molecule has 0 aromatic carbocycles. The molecule has 2 rings (SSSR count). The molecule has 2 fully saturated rings. The number of nitrogens with zero attached hydrogens (tertiary/aromatic N) is 1. The van der Waals surface area contributed by atoms with Crippen molar-refractivity contribution in [2.45, 2.75) is 25.8 Å². The van der Waals surface area contributed by atoms with Crippen LogP contribution in [0.3, 0.4) is 0 Å². The highest BCUT2D eigenvalue weighted by molar-refractivity contribution is 5.02. The summed E-state index contributed by atoms with van der Waals surface area (Å²) in [4.78, 5) is 2.53. The minimum atomic E-state index is 0.456. The molecule has 2 N–H and O–H groups in total. The van der Waals surface area contributed by atoms with Crippen molar-refractivity contribution in [2.75, 3.05) is 32.8 Å². The van der Waals surface area contributed by atoms with Gasteiger partial charge >= 0.3 is 0 Å². The summed E-state index contributed by atoms with van der Waals surface area (Å²) in [5.41, 5.74) is 6.27. The third-order valence-electron chi connectivity index (χ3n) is 3.78. The molecule has 3 heteroatoms. The molecular weight excluding hydrogens is 164 g/mol. The fraction of sp³-hybridized carbons (Fsp3) is 1.00. The van der Waals surface area contributed by atoms with E-state index in [4.69, 9.17) is 10.5 Å². The normalized spacial score (nSPS) is 30.0. The summed E-state index contributed by atoms with van der Waals surface area (Å²) in [5.74, 6) is 0. The maximum Gasteiger partial charge on any atom is 0.0594 e. The van der Waals surface area contributed by atoms with Crippen LogP contribution in [0.1, 0.15) is 19.8 Å². The lowest BCUT2D eigenvalue weighted by molar-refractivity contribution is 0.00450. The monoisotopic (exact) mass is 184 g/mol. The lowest BCUT2D eigenvalue weighted by Crippen LogP contribution is -2.48. The number of ether oxygens (including phenoxy) is 1. The molecule has 0 radical (unpaired) electrons. The molecule has 0 aromatic heterocycles. The van der Waals surface area contributed by atoms with Gasteiger partial charge in [0.2, 0.25) is 0 Å². The Labute approximate surface area is 80.2 Å². The highest BCUT2D eigenvalue weighted by atomic mass is 16.5. The standard InChI is InChI=1S/C10H20N2O/c1-9(10(8-11)2-3-10)12-4-6-13-7-5-12/h9H,2-8,11H2,1H3. The van der Waals surface area contributed by atoms with Crippen molar-refractivity contribution in [1.82, 2.24) is 4.90 Å². The Kier molecular flexibility index (Phi) is 2.58. The second-order valence-electron chi connectivity index (χ2n) is 4.39. The minimum absolute atomic E-state index is 0.456. The van der Waals surface area contributed by atoms with Crippen molar-refractivity contribution in [1.29, 1.82) is 0 Å². The largest absolute Gasteiger partial charge is 0.379 e. The number of hydrogen-bond acceptors (Lipinski definition) is 3. The molecule has 1 aliphatic carbocycles. The van der Waals surface area contributed by atoms with Crippen LogP contribution < -0.4 is 5.73 Å². The van der Waals surface area contributed by atoms with Crippen LogP contribution in [0.4, 0.5) is 0 Å². The predicted molar refractivity (Wildman–Crippen MR) is 52.6 cm³/mol. The Morgan fingerprint density at radius 2 is 2.00 bits per heavy atom. The summed E-state index contributed by atoms with van der Waals surface area (Å²) in [6, 6.07) is 0.654. The molecular formula is C10H20N2O. The van der Waals surface area contributed by atoms with Gasteiger partial charge in [-0.3, -0.25) is 4.90 Å². The second kappa shape index (κ2) is 3.56. The second-order valence-corrected chi connectivity index (χ2v) is 4.39. The van der Waals surface area contributed by atoms with Crippen LogP contribution in [-0.4, -0.2) is 43.8 Å². The van der Waals surface area contributed by atoms with Crippen LogP contribution in [0, 0.1) is 5.41 Å². The first-order valence-electron chi connectivity index (χ1n) is 5.30. The molecule has 0 amide bonds. The van der Waals surface area contributed by atoms with E-state index in [1.165, 1.54) is 12.8 Å². The fourth-order valence-electron chi connectivity index (χ4n) is 2.31. The van der Waals surface area contributed by atoms with Gasteiger partial charge in [0.25, 0.3) is 0 Å². The smallest absolute Gasteiger partial charge is 0.0594 e. The van der Waals surface area contributed by atoms with Crippen molar-refractivity contribution >= 4 is 0 Å². The lowest BCUT2D eigenvalue weighted by atomic mass is 9.96. The summed E-state index contributed by atoms with van der Waals surface area (Å²) in [7, 11) is 0. The third kappa shape index (κ3) is 1.73. The van der Waals surface area contributed by atoms with E-state index in [1.807, 2.05) is 0 Å². The molecule has 1 atom stereocenters. The van der Waals surface area contributed by atoms with E-state index in [0.29, 0.717) is 11.5 Å². The molecule has 13 heavy (non-hydrogen) atoms. The Bertz CT molecular complexity index is 174. The average molecular weight is 184 g/mol. The number of morpholine rings is 1. The van der Waals surface area contributed by atoms with Gasteiger partial charge in [-0.2, -0.15) is 0 Å². The summed E-state index contributed by atoms with van der Waals surface area (Å²) >= 11 is 0. The fourth-order valence-corrected chi connectivity index (χ4v) is 2.31. The van der Waals surface area contributed by atoms with Gasteiger partial charge < -0.3 is 10.5 Å². The van der Waals surface area contributed by atoms with Crippen LogP contribution in [0.5, 0.6) is 0 Å². The Hall–Kier alpha value is -0.120. The van der Waals surface area contributed by atoms with Crippen molar-refractivity contribution in [2.24, 2.45) is 11.1 Å². The SMILES string of the molecule is CC(N1CCOCC1)C1(CN)CC1. The molecule has 2 aliphatic rings. The molecule has 76 valence electrons. The van der Waals surface area contributed by atoms with Crippen molar-refractivity contribution < 1.29 is 4.74 Å². The molecule has 3 nitrogen and oxygen atoms in total. The van der Waals surface area contributed by atoms with E-state index in [0.717, 1.165) is 32.8 Å². The van der Waals surface area contributed by atoms with Gasteiger partial charge in [0, 0.05) is 19.1 Å². The van der Waals surface area contributed by atoms with E-state index in [1.54, 1.807) is 0 Å². The van der Waals surface area contributed by atoms with Crippen LogP contribution >= 0.6 is 0 Å². The predicted octanol–water partition coefficient (Wildman–Crippen LogP) is 0.446. The van der Waals surface area contributed by atoms with Gasteiger partial charge in [-0.15, -0.1) is 0 Å². The lowest BCUT2D eigenvalue weighted by Gasteiger charge is -2.36. The number of hydrogen-bond donors (Lipinski definition) is 1. The van der Waals surface area contributed by atoms with Crippen LogP contribution in [0.15, 0.2) is 0 Å². The zero-order chi connectivity index (χ0) is 9.31. The molecule has 1 saturated carbocycles. The van der Waals surface area contributed by atoms with Crippen molar-refractivity contribution in [3.8, 4) is 0 Å². The van der Waals surface area contributed by atoms with Crippen molar-refractivity contribution in [3.05, 3.63) is 0 Å². The highest BCUT2D eigenvalue weighted by Crippen LogP contribution is 2.49. The Balaban J connectivity index is 1.91. The van der Waals surface area contributed by atoms with E-state index < -0.39 is 0 Å². The Morgan fingerprint density at radius 3 is 2.46 bits per heavy atom. The van der Waals surface area contributed by atoms with Crippen LogP contribution in [0.2, 0.25) is 0 Å². The van der Waals surface area contributed by atoms with Crippen molar-refractivity contribution in [3.63, 3.8) is 0 Å². The first-order chi connectivity index (χ1) is 6.28. The molecule has 0 bridgehead atoms. The van der Waals surface area contributed by atoms with Gasteiger partial charge in [-0.25, -0.2) is 0 Å². The van der Waals surface area contributed by atoms with Gasteiger partial charge in [0.1, 0.15) is 0 Å². The van der Waals surface area contributed by atoms with Gasteiger partial charge in [0.05, 0.1) is 13.2 Å². The summed E-state index contributed by atoms with van der Waals surface area (Å²) < 4.78 is 5.34. The number of rotatable bonds is 3. The van der Waals surface area contributed by atoms with E-state index >= 15 is 0 Å².